The van der Waals surface area contributed by atoms with Crippen LogP contribution >= 0.6 is 15.6 Å². The number of carbonyl (C=O) groups excluding carboxylic acids is 4. The Kier molecular flexibility index (Phi) is 78.1. The Balaban J connectivity index is 5.19. The highest BCUT2D eigenvalue weighted by Crippen LogP contribution is 2.45. The third kappa shape index (κ3) is 79.9. The van der Waals surface area contributed by atoms with E-state index < -0.39 is 97.5 Å². The molecule has 5 unspecified atom stereocenters. The molecule has 0 saturated heterocycles. The second-order valence-corrected chi connectivity index (χ2v) is 36.8. The van der Waals surface area contributed by atoms with Crippen LogP contribution < -0.4 is 0 Å². The quantitative estimate of drug-likeness (QED) is 0.0222. The van der Waals surface area contributed by atoms with Crippen molar-refractivity contribution in [1.29, 1.82) is 0 Å². The van der Waals surface area contributed by atoms with Crippen LogP contribution in [0.2, 0.25) is 0 Å². The standard InChI is InChI=1S/C91H178O17P2/c1-9-82(6)68-60-52-44-38-32-26-20-16-12-14-18-22-28-34-40-46-55-63-71-88(93)101-77-86(107-90(95)74-66-58-48-42-36-30-24-25-31-37-43-51-59-67-81(4)5)79-105-109(97,98)103-75-85(92)76-104-110(99,100)106-80-87(78-102-89(94)72-64-56-50-49-54-62-70-84(8)11-3)108-91(96)73-65-57-47-41-35-29-23-19-15-13-17-21-27-33-39-45-53-61-69-83(7)10-2/h81-87,92H,9-80H2,1-8H3,(H,97,98)(H,99,100)/t82?,83?,84?,85-,86-,87-/m1/s1. The molecule has 17 nitrogen and oxygen atoms in total. The van der Waals surface area contributed by atoms with Crippen molar-refractivity contribution in [2.24, 2.45) is 23.7 Å². The van der Waals surface area contributed by atoms with Crippen molar-refractivity contribution in [3.05, 3.63) is 0 Å². The molecular weight excluding hydrogens is 1430 g/mol. The van der Waals surface area contributed by atoms with Gasteiger partial charge in [-0.05, 0) is 49.4 Å². The van der Waals surface area contributed by atoms with Crippen molar-refractivity contribution >= 4 is 39.5 Å². The van der Waals surface area contributed by atoms with Crippen LogP contribution in [0.3, 0.4) is 0 Å². The molecule has 0 rings (SSSR count). The van der Waals surface area contributed by atoms with Crippen molar-refractivity contribution in [2.45, 2.75) is 497 Å². The number of esters is 4. The summed E-state index contributed by atoms with van der Waals surface area (Å²) < 4.78 is 69.0. The van der Waals surface area contributed by atoms with E-state index in [9.17, 15) is 43.2 Å². The van der Waals surface area contributed by atoms with Gasteiger partial charge in [-0.3, -0.25) is 37.3 Å². The third-order valence-corrected chi connectivity index (χ3v) is 24.3. The number of unbranched alkanes of at least 4 members (excludes halogenated alkanes) is 51. The lowest BCUT2D eigenvalue weighted by Crippen LogP contribution is -2.30. The molecule has 8 atom stereocenters. The van der Waals surface area contributed by atoms with Crippen LogP contribution in [-0.4, -0.2) is 96.7 Å². The topological polar surface area (TPSA) is 237 Å². The molecule has 0 aliphatic heterocycles. The summed E-state index contributed by atoms with van der Waals surface area (Å²) in [5.74, 6) is 1.16. The minimum absolute atomic E-state index is 0.107. The van der Waals surface area contributed by atoms with Gasteiger partial charge >= 0.3 is 39.5 Å². The summed E-state index contributed by atoms with van der Waals surface area (Å²) in [7, 11) is -9.94. The predicted molar refractivity (Wildman–Crippen MR) is 455 cm³/mol. The van der Waals surface area contributed by atoms with Gasteiger partial charge in [0.15, 0.2) is 12.2 Å². The van der Waals surface area contributed by atoms with Crippen LogP contribution in [0.25, 0.3) is 0 Å². The maximum Gasteiger partial charge on any atom is 0.472 e. The average molecular weight is 1610 g/mol. The van der Waals surface area contributed by atoms with Crippen molar-refractivity contribution < 1.29 is 80.2 Å². The molecule has 654 valence electrons. The van der Waals surface area contributed by atoms with Crippen LogP contribution in [0.15, 0.2) is 0 Å². The van der Waals surface area contributed by atoms with E-state index in [1.807, 2.05) is 0 Å². The van der Waals surface area contributed by atoms with Gasteiger partial charge in [0.2, 0.25) is 0 Å². The van der Waals surface area contributed by atoms with Crippen LogP contribution in [0.5, 0.6) is 0 Å². The Hall–Kier alpha value is -1.94. The van der Waals surface area contributed by atoms with E-state index in [0.717, 1.165) is 120 Å². The fraction of sp³-hybridized carbons (Fsp3) is 0.956. The van der Waals surface area contributed by atoms with E-state index in [-0.39, 0.29) is 25.7 Å². The van der Waals surface area contributed by atoms with Gasteiger partial charge < -0.3 is 33.8 Å². The molecular formula is C91H178O17P2. The lowest BCUT2D eigenvalue weighted by atomic mass is 9.99. The zero-order valence-corrected chi connectivity index (χ0v) is 74.7. The first-order valence-corrected chi connectivity index (χ1v) is 49.8. The van der Waals surface area contributed by atoms with Gasteiger partial charge in [0, 0.05) is 25.7 Å². The van der Waals surface area contributed by atoms with Gasteiger partial charge in [0.05, 0.1) is 26.4 Å². The zero-order valence-electron chi connectivity index (χ0n) is 72.9. The lowest BCUT2D eigenvalue weighted by Gasteiger charge is -2.21. The summed E-state index contributed by atoms with van der Waals surface area (Å²) >= 11 is 0. The predicted octanol–water partition coefficient (Wildman–Crippen LogP) is 27.9. The number of phosphoric ester groups is 2. The largest absolute Gasteiger partial charge is 0.472 e. The molecule has 0 heterocycles. The highest BCUT2D eigenvalue weighted by Gasteiger charge is 2.31. The zero-order chi connectivity index (χ0) is 80.9. The SMILES string of the molecule is CCC(C)CCCCCCCCCCCCCCCCCCCCC(=O)OC[C@H](COP(=O)(O)OC[C@@H](O)COP(=O)(O)OC[C@@H](COC(=O)CCCCCCCCC(C)CC)OC(=O)CCCCCCCCCCCCCCCCCCCCC(C)CC)OC(=O)CCCCCCCCCCCCCCCC(C)C. The van der Waals surface area contributed by atoms with E-state index in [2.05, 4.69) is 55.4 Å². The van der Waals surface area contributed by atoms with E-state index in [4.69, 9.17) is 37.0 Å². The minimum atomic E-state index is -4.97. The monoisotopic (exact) mass is 1610 g/mol. The molecule has 19 heteroatoms. The number of hydrogen-bond donors (Lipinski definition) is 3. The second-order valence-electron chi connectivity index (χ2n) is 33.9. The van der Waals surface area contributed by atoms with E-state index in [1.54, 1.807) is 0 Å². The number of aliphatic hydroxyl groups excluding tert-OH is 1. The van der Waals surface area contributed by atoms with E-state index >= 15 is 0 Å². The van der Waals surface area contributed by atoms with Crippen molar-refractivity contribution in [1.82, 2.24) is 0 Å². The Bertz CT molecular complexity index is 2130. The fourth-order valence-corrected chi connectivity index (χ4v) is 15.7. The Labute approximate surface area is 677 Å². The molecule has 0 fully saturated rings. The van der Waals surface area contributed by atoms with Crippen LogP contribution in [0, 0.1) is 23.7 Å². The molecule has 110 heavy (non-hydrogen) atoms. The third-order valence-electron chi connectivity index (χ3n) is 22.4. The molecule has 0 aliphatic rings. The number of aliphatic hydroxyl groups is 1. The summed E-state index contributed by atoms with van der Waals surface area (Å²) in [5, 5.41) is 10.7. The molecule has 0 spiro atoms. The Morgan fingerprint density at radius 1 is 0.255 bits per heavy atom. The number of phosphoric acid groups is 2. The normalized spacial score (nSPS) is 14.6. The highest BCUT2D eigenvalue weighted by atomic mass is 31.2. The maximum absolute atomic E-state index is 13.2. The van der Waals surface area contributed by atoms with Crippen molar-refractivity contribution in [3.8, 4) is 0 Å². The molecule has 0 saturated carbocycles. The van der Waals surface area contributed by atoms with Gasteiger partial charge in [0.1, 0.15) is 19.3 Å². The molecule has 0 bridgehead atoms. The molecule has 0 radical (unpaired) electrons. The van der Waals surface area contributed by atoms with Crippen molar-refractivity contribution in [3.63, 3.8) is 0 Å². The van der Waals surface area contributed by atoms with Crippen molar-refractivity contribution in [2.75, 3.05) is 39.6 Å². The minimum Gasteiger partial charge on any atom is -0.462 e. The summed E-state index contributed by atoms with van der Waals surface area (Å²) in [6.07, 6.45) is 70.9. The van der Waals surface area contributed by atoms with E-state index in [1.165, 1.54) is 276 Å². The Morgan fingerprint density at radius 3 is 0.645 bits per heavy atom. The fourth-order valence-electron chi connectivity index (χ4n) is 14.1. The first-order chi connectivity index (χ1) is 53.2. The first kappa shape index (κ1) is 108. The van der Waals surface area contributed by atoms with Crippen LogP contribution in [0.1, 0.15) is 479 Å². The summed E-state index contributed by atoms with van der Waals surface area (Å²) in [6.45, 7) is 14.4. The number of rotatable bonds is 88. The highest BCUT2D eigenvalue weighted by molar-refractivity contribution is 7.47. The number of hydrogen-bond acceptors (Lipinski definition) is 15. The molecule has 3 N–H and O–H groups in total. The average Bonchev–Trinajstić information content (AvgIpc) is 0.898. The van der Waals surface area contributed by atoms with Crippen LogP contribution in [-0.2, 0) is 65.4 Å². The van der Waals surface area contributed by atoms with Gasteiger partial charge in [0.25, 0.3) is 0 Å². The number of ether oxygens (including phenoxy) is 4. The molecule has 0 aromatic rings. The van der Waals surface area contributed by atoms with Crippen LogP contribution in [0.4, 0.5) is 0 Å². The molecule has 0 aromatic carbocycles. The van der Waals surface area contributed by atoms with Gasteiger partial charge in [-0.25, -0.2) is 9.13 Å². The Morgan fingerprint density at radius 2 is 0.436 bits per heavy atom. The molecule has 0 aliphatic carbocycles. The summed E-state index contributed by atoms with van der Waals surface area (Å²) in [6, 6.07) is 0. The van der Waals surface area contributed by atoms with E-state index in [0.29, 0.717) is 25.7 Å². The van der Waals surface area contributed by atoms with Gasteiger partial charge in [-0.15, -0.1) is 0 Å². The second kappa shape index (κ2) is 79.5. The summed E-state index contributed by atoms with van der Waals surface area (Å²) in [4.78, 5) is 73.4. The van der Waals surface area contributed by atoms with Gasteiger partial charge in [-0.2, -0.15) is 0 Å². The van der Waals surface area contributed by atoms with Gasteiger partial charge in [-0.1, -0.05) is 428 Å². The molecule has 0 amide bonds. The summed E-state index contributed by atoms with van der Waals surface area (Å²) in [5.41, 5.74) is 0. The smallest absolute Gasteiger partial charge is 0.462 e. The maximum atomic E-state index is 13.2. The molecule has 0 aromatic heterocycles. The number of carbonyl (C=O) groups is 4. The lowest BCUT2D eigenvalue weighted by molar-refractivity contribution is -0.161. The first-order valence-electron chi connectivity index (χ1n) is 46.8.